The summed E-state index contributed by atoms with van der Waals surface area (Å²) in [5.74, 6) is -1.76. The number of benzene rings is 1. The first kappa shape index (κ1) is 21.1. The second kappa shape index (κ2) is 8.67. The van der Waals surface area contributed by atoms with Gasteiger partial charge in [0.25, 0.3) is 5.91 Å². The van der Waals surface area contributed by atoms with E-state index in [1.165, 1.54) is 10.5 Å². The molecule has 27 heavy (non-hydrogen) atoms. The predicted molar refractivity (Wildman–Crippen MR) is 110 cm³/mol. The second-order valence-electron chi connectivity index (χ2n) is 7.13. The van der Waals surface area contributed by atoms with Crippen molar-refractivity contribution >= 4 is 52.2 Å². The highest BCUT2D eigenvalue weighted by Gasteiger charge is 2.33. The second-order valence-corrected chi connectivity index (χ2v) is 8.81. The standard InChI is InChI=1S/C19H22N2O4S2/c1-19(2,3)13-6-4-12(5-7-13)10-14-17(25)21(18(26)27-14)11-15(22)20-9-8-16(23)24/h4-7,10H,8-9,11H2,1-3H3,(H,20,22)(H,23,24)/b14-10-. The highest BCUT2D eigenvalue weighted by atomic mass is 32.2. The first-order valence-corrected chi connectivity index (χ1v) is 9.65. The van der Waals surface area contributed by atoms with Gasteiger partial charge in [0, 0.05) is 6.54 Å². The minimum absolute atomic E-state index is 0.0128. The van der Waals surface area contributed by atoms with E-state index in [4.69, 9.17) is 17.3 Å². The maximum atomic E-state index is 12.5. The number of thiocarbonyl (C=S) groups is 1. The van der Waals surface area contributed by atoms with Gasteiger partial charge < -0.3 is 10.4 Å². The van der Waals surface area contributed by atoms with Gasteiger partial charge in [0.05, 0.1) is 11.3 Å². The van der Waals surface area contributed by atoms with Crippen LogP contribution < -0.4 is 5.32 Å². The number of carboxylic acid groups (broad SMARTS) is 1. The fourth-order valence-electron chi connectivity index (χ4n) is 2.38. The van der Waals surface area contributed by atoms with Crippen molar-refractivity contribution in [1.29, 1.82) is 0 Å². The largest absolute Gasteiger partial charge is 0.481 e. The lowest BCUT2D eigenvalue weighted by atomic mass is 9.87. The number of thioether (sulfide) groups is 1. The van der Waals surface area contributed by atoms with E-state index in [0.29, 0.717) is 9.23 Å². The number of hydrogen-bond acceptors (Lipinski definition) is 5. The van der Waals surface area contributed by atoms with Gasteiger partial charge in [-0.05, 0) is 22.6 Å². The summed E-state index contributed by atoms with van der Waals surface area (Å²) in [4.78, 5) is 36.6. The number of carboxylic acids is 1. The molecule has 1 saturated heterocycles. The van der Waals surface area contributed by atoms with E-state index in [0.717, 1.165) is 17.3 Å². The van der Waals surface area contributed by atoms with Crippen molar-refractivity contribution in [2.75, 3.05) is 13.1 Å². The zero-order valence-corrected chi connectivity index (χ0v) is 17.1. The number of carbonyl (C=O) groups is 3. The SMILES string of the molecule is CC(C)(C)c1ccc(/C=C2\SC(=S)N(CC(=O)NCCC(=O)O)C2=O)cc1. The van der Waals surface area contributed by atoms with Gasteiger partial charge in [0.2, 0.25) is 5.91 Å². The van der Waals surface area contributed by atoms with Crippen LogP contribution in [-0.2, 0) is 19.8 Å². The Morgan fingerprint density at radius 3 is 2.44 bits per heavy atom. The van der Waals surface area contributed by atoms with E-state index in [-0.39, 0.29) is 30.8 Å². The lowest BCUT2D eigenvalue weighted by Gasteiger charge is -2.18. The van der Waals surface area contributed by atoms with Crippen LogP contribution in [0.3, 0.4) is 0 Å². The summed E-state index contributed by atoms with van der Waals surface area (Å²) in [6.45, 7) is 6.20. The zero-order valence-electron chi connectivity index (χ0n) is 15.4. The van der Waals surface area contributed by atoms with Crippen LogP contribution in [0.25, 0.3) is 6.08 Å². The molecule has 1 aliphatic heterocycles. The smallest absolute Gasteiger partial charge is 0.305 e. The molecule has 0 atom stereocenters. The molecule has 1 aliphatic rings. The van der Waals surface area contributed by atoms with Gasteiger partial charge in [0.1, 0.15) is 10.9 Å². The molecule has 144 valence electrons. The lowest BCUT2D eigenvalue weighted by Crippen LogP contribution is -2.40. The number of rotatable bonds is 6. The van der Waals surface area contributed by atoms with E-state index in [9.17, 15) is 14.4 Å². The Morgan fingerprint density at radius 2 is 1.89 bits per heavy atom. The van der Waals surface area contributed by atoms with Crippen LogP contribution in [0, 0.1) is 0 Å². The minimum atomic E-state index is -0.999. The molecule has 0 aromatic heterocycles. The summed E-state index contributed by atoms with van der Waals surface area (Å²) in [5.41, 5.74) is 2.13. The molecule has 2 amide bonds. The predicted octanol–water partition coefficient (Wildman–Crippen LogP) is 2.78. The molecule has 1 aromatic rings. The topological polar surface area (TPSA) is 86.7 Å². The third kappa shape index (κ3) is 5.90. The maximum absolute atomic E-state index is 12.5. The molecule has 0 aliphatic carbocycles. The molecule has 1 heterocycles. The first-order valence-electron chi connectivity index (χ1n) is 8.42. The number of nitrogens with one attached hydrogen (secondary N) is 1. The third-order valence-corrected chi connectivity index (χ3v) is 5.29. The molecule has 0 bridgehead atoms. The van der Waals surface area contributed by atoms with Crippen LogP contribution in [0.1, 0.15) is 38.3 Å². The van der Waals surface area contributed by atoms with Gasteiger partial charge in [-0.25, -0.2) is 0 Å². The van der Waals surface area contributed by atoms with Crippen molar-refractivity contribution < 1.29 is 19.5 Å². The van der Waals surface area contributed by atoms with Crippen LogP contribution in [0.2, 0.25) is 0 Å². The van der Waals surface area contributed by atoms with Crippen molar-refractivity contribution in [3.8, 4) is 0 Å². The van der Waals surface area contributed by atoms with E-state index in [1.54, 1.807) is 6.08 Å². The highest BCUT2D eigenvalue weighted by molar-refractivity contribution is 8.26. The quantitative estimate of drug-likeness (QED) is 0.558. The van der Waals surface area contributed by atoms with Gasteiger partial charge in [0.15, 0.2) is 0 Å². The summed E-state index contributed by atoms with van der Waals surface area (Å²) < 4.78 is 0.311. The Hall–Kier alpha value is -2.19. The molecule has 0 unspecified atom stereocenters. The summed E-state index contributed by atoms with van der Waals surface area (Å²) in [6, 6.07) is 7.96. The molecule has 1 fully saturated rings. The molecule has 8 heteroatoms. The monoisotopic (exact) mass is 406 g/mol. The van der Waals surface area contributed by atoms with Gasteiger partial charge >= 0.3 is 5.97 Å². The summed E-state index contributed by atoms with van der Waals surface area (Å²) >= 11 is 6.36. The van der Waals surface area contributed by atoms with Crippen LogP contribution in [0.5, 0.6) is 0 Å². The maximum Gasteiger partial charge on any atom is 0.305 e. The van der Waals surface area contributed by atoms with Gasteiger partial charge in [-0.3, -0.25) is 19.3 Å². The van der Waals surface area contributed by atoms with Gasteiger partial charge in [-0.2, -0.15) is 0 Å². The molecule has 1 aromatic carbocycles. The Bertz CT molecular complexity index is 795. The van der Waals surface area contributed by atoms with Crippen molar-refractivity contribution in [3.63, 3.8) is 0 Å². The first-order chi connectivity index (χ1) is 12.6. The zero-order chi connectivity index (χ0) is 20.2. The number of amides is 2. The van der Waals surface area contributed by atoms with E-state index < -0.39 is 11.9 Å². The molecule has 0 saturated carbocycles. The highest BCUT2D eigenvalue weighted by Crippen LogP contribution is 2.32. The van der Waals surface area contributed by atoms with Crippen LogP contribution in [0.4, 0.5) is 0 Å². The summed E-state index contributed by atoms with van der Waals surface area (Å²) in [5, 5.41) is 11.0. The van der Waals surface area contributed by atoms with Gasteiger partial charge in [-0.15, -0.1) is 0 Å². The number of carbonyl (C=O) groups excluding carboxylic acids is 2. The normalized spacial score (nSPS) is 16.1. The van der Waals surface area contributed by atoms with Crippen LogP contribution in [-0.4, -0.2) is 45.2 Å². The Morgan fingerprint density at radius 1 is 1.26 bits per heavy atom. The molecule has 6 nitrogen and oxygen atoms in total. The number of aliphatic carboxylic acids is 1. The van der Waals surface area contributed by atoms with Crippen molar-refractivity contribution in [2.45, 2.75) is 32.6 Å². The van der Waals surface area contributed by atoms with Crippen molar-refractivity contribution in [3.05, 3.63) is 40.3 Å². The van der Waals surface area contributed by atoms with E-state index in [2.05, 4.69) is 26.1 Å². The Labute approximate surface area is 168 Å². The fraction of sp³-hybridized carbons (Fsp3) is 0.368. The number of nitrogens with zero attached hydrogens (tertiary/aromatic N) is 1. The van der Waals surface area contributed by atoms with Crippen molar-refractivity contribution in [2.24, 2.45) is 0 Å². The Kier molecular flexibility index (Phi) is 6.78. The molecular formula is C19H22N2O4S2. The molecule has 0 radical (unpaired) electrons. The third-order valence-electron chi connectivity index (χ3n) is 3.91. The van der Waals surface area contributed by atoms with E-state index in [1.807, 2.05) is 24.3 Å². The summed E-state index contributed by atoms with van der Waals surface area (Å²) in [6.07, 6.45) is 1.59. The molecule has 2 rings (SSSR count). The van der Waals surface area contributed by atoms with E-state index >= 15 is 0 Å². The Balaban J connectivity index is 2.03. The molecular weight excluding hydrogens is 384 g/mol. The number of hydrogen-bond donors (Lipinski definition) is 2. The average Bonchev–Trinajstić information content (AvgIpc) is 2.82. The lowest BCUT2D eigenvalue weighted by molar-refractivity contribution is -0.137. The summed E-state index contributed by atoms with van der Waals surface area (Å²) in [7, 11) is 0. The molecule has 0 spiro atoms. The van der Waals surface area contributed by atoms with Crippen molar-refractivity contribution in [1.82, 2.24) is 10.2 Å². The molecule has 2 N–H and O–H groups in total. The average molecular weight is 407 g/mol. The van der Waals surface area contributed by atoms with Crippen LogP contribution in [0.15, 0.2) is 29.2 Å². The minimum Gasteiger partial charge on any atom is -0.481 e. The fourth-order valence-corrected chi connectivity index (χ4v) is 3.63. The van der Waals surface area contributed by atoms with Gasteiger partial charge in [-0.1, -0.05) is 69.0 Å². The van der Waals surface area contributed by atoms with Crippen LogP contribution >= 0.6 is 24.0 Å².